The molecule has 12 heavy (non-hydrogen) atoms. The normalized spacial score (nSPS) is 10.1. The molecule has 0 atom stereocenters. The van der Waals surface area contributed by atoms with Crippen LogP contribution in [0.15, 0.2) is 36.5 Å². The van der Waals surface area contributed by atoms with Gasteiger partial charge in [-0.1, -0.05) is 6.07 Å². The molecule has 0 unspecified atom stereocenters. The Morgan fingerprint density at radius 3 is 2.67 bits per heavy atom. The van der Waals surface area contributed by atoms with Crippen LogP contribution in [0.1, 0.15) is 4.88 Å². The number of pyridine rings is 1. The SMILES string of the molecule is [CH2]c1ccc(-c2ccccn2)s1. The molecule has 0 fully saturated rings. The third-order valence-corrected chi connectivity index (χ3v) is 2.54. The molecule has 2 heteroatoms. The number of hydrogen-bond donors (Lipinski definition) is 0. The van der Waals surface area contributed by atoms with E-state index in [1.807, 2.05) is 24.3 Å². The third kappa shape index (κ3) is 1.38. The lowest BCUT2D eigenvalue weighted by Gasteiger charge is -1.92. The van der Waals surface area contributed by atoms with Crippen molar-refractivity contribution >= 4 is 11.3 Å². The van der Waals surface area contributed by atoms with Gasteiger partial charge in [-0.15, -0.1) is 11.3 Å². The zero-order chi connectivity index (χ0) is 8.39. The van der Waals surface area contributed by atoms with Gasteiger partial charge in [0.1, 0.15) is 0 Å². The molecule has 2 aromatic rings. The van der Waals surface area contributed by atoms with Gasteiger partial charge in [0.05, 0.1) is 10.6 Å². The van der Waals surface area contributed by atoms with Crippen molar-refractivity contribution in [2.75, 3.05) is 0 Å². The zero-order valence-electron chi connectivity index (χ0n) is 6.53. The van der Waals surface area contributed by atoms with Crippen molar-refractivity contribution in [2.24, 2.45) is 0 Å². The van der Waals surface area contributed by atoms with Crippen molar-refractivity contribution in [3.8, 4) is 10.6 Å². The van der Waals surface area contributed by atoms with Crippen LogP contribution in [0.25, 0.3) is 10.6 Å². The summed E-state index contributed by atoms with van der Waals surface area (Å²) in [6.45, 7) is 3.86. The monoisotopic (exact) mass is 174 g/mol. The summed E-state index contributed by atoms with van der Waals surface area (Å²) < 4.78 is 0. The van der Waals surface area contributed by atoms with Crippen LogP contribution in [-0.2, 0) is 0 Å². The van der Waals surface area contributed by atoms with Crippen LogP contribution in [0.4, 0.5) is 0 Å². The molecule has 2 heterocycles. The lowest BCUT2D eigenvalue weighted by molar-refractivity contribution is 1.34. The lowest BCUT2D eigenvalue weighted by atomic mass is 10.3. The summed E-state index contributed by atoms with van der Waals surface area (Å²) in [6.07, 6.45) is 1.80. The van der Waals surface area contributed by atoms with Gasteiger partial charge in [-0.3, -0.25) is 4.98 Å². The number of thiophene rings is 1. The van der Waals surface area contributed by atoms with E-state index in [1.165, 1.54) is 4.88 Å². The summed E-state index contributed by atoms with van der Waals surface area (Å²) in [7, 11) is 0. The average molecular weight is 174 g/mol. The first-order chi connectivity index (χ1) is 5.86. The van der Waals surface area contributed by atoms with E-state index < -0.39 is 0 Å². The Morgan fingerprint density at radius 1 is 1.17 bits per heavy atom. The summed E-state index contributed by atoms with van der Waals surface area (Å²) in [6, 6.07) is 9.97. The van der Waals surface area contributed by atoms with Gasteiger partial charge >= 0.3 is 0 Å². The second kappa shape index (κ2) is 3.07. The molecule has 2 aromatic heterocycles. The van der Waals surface area contributed by atoms with Gasteiger partial charge in [0.15, 0.2) is 0 Å². The van der Waals surface area contributed by atoms with E-state index in [2.05, 4.69) is 18.0 Å². The highest BCUT2D eigenvalue weighted by Gasteiger charge is 1.99. The van der Waals surface area contributed by atoms with Gasteiger partial charge in [-0.05, 0) is 31.2 Å². The Labute approximate surface area is 75.7 Å². The lowest BCUT2D eigenvalue weighted by Crippen LogP contribution is -1.75. The van der Waals surface area contributed by atoms with Crippen LogP contribution in [-0.4, -0.2) is 4.98 Å². The third-order valence-electron chi connectivity index (χ3n) is 1.58. The van der Waals surface area contributed by atoms with Gasteiger partial charge in [0.25, 0.3) is 0 Å². The predicted octanol–water partition coefficient (Wildman–Crippen LogP) is 2.99. The minimum absolute atomic E-state index is 1.03. The fourth-order valence-electron chi connectivity index (χ4n) is 1.02. The van der Waals surface area contributed by atoms with Gasteiger partial charge in [0.2, 0.25) is 0 Å². The molecule has 0 aliphatic rings. The van der Waals surface area contributed by atoms with E-state index in [-0.39, 0.29) is 0 Å². The van der Waals surface area contributed by atoms with Gasteiger partial charge in [-0.2, -0.15) is 0 Å². The summed E-state index contributed by atoms with van der Waals surface area (Å²) in [5.41, 5.74) is 1.03. The van der Waals surface area contributed by atoms with E-state index in [0.717, 1.165) is 10.6 Å². The molecule has 0 saturated heterocycles. The highest BCUT2D eigenvalue weighted by Crippen LogP contribution is 2.25. The summed E-state index contributed by atoms with van der Waals surface area (Å²) in [5, 5.41) is 0. The fourth-order valence-corrected chi connectivity index (χ4v) is 1.80. The van der Waals surface area contributed by atoms with Crippen LogP contribution >= 0.6 is 11.3 Å². The Hall–Kier alpha value is -1.15. The number of aromatic nitrogens is 1. The maximum absolute atomic E-state index is 4.24. The van der Waals surface area contributed by atoms with E-state index >= 15 is 0 Å². The quantitative estimate of drug-likeness (QED) is 0.647. The molecule has 59 valence electrons. The Bertz CT molecular complexity index is 364. The second-order valence-electron chi connectivity index (χ2n) is 2.48. The van der Waals surface area contributed by atoms with E-state index in [9.17, 15) is 0 Å². The van der Waals surface area contributed by atoms with Gasteiger partial charge in [-0.25, -0.2) is 0 Å². The van der Waals surface area contributed by atoms with Crippen LogP contribution < -0.4 is 0 Å². The van der Waals surface area contributed by atoms with E-state index in [0.29, 0.717) is 0 Å². The molecule has 1 radical (unpaired) electrons. The highest BCUT2D eigenvalue weighted by molar-refractivity contribution is 7.15. The Kier molecular flexibility index (Phi) is 1.92. The minimum atomic E-state index is 1.03. The first kappa shape index (κ1) is 7.50. The summed E-state index contributed by atoms with van der Waals surface area (Å²) >= 11 is 1.67. The molecule has 0 aliphatic carbocycles. The number of nitrogens with zero attached hydrogens (tertiary/aromatic N) is 1. The molecule has 0 saturated carbocycles. The molecular weight excluding hydrogens is 166 g/mol. The molecule has 0 aromatic carbocycles. The molecule has 0 bridgehead atoms. The molecular formula is C10H8NS. The summed E-state index contributed by atoms with van der Waals surface area (Å²) in [5.74, 6) is 0. The Morgan fingerprint density at radius 2 is 2.08 bits per heavy atom. The molecule has 0 amide bonds. The average Bonchev–Trinajstić information content (AvgIpc) is 2.54. The van der Waals surface area contributed by atoms with E-state index in [4.69, 9.17) is 0 Å². The topological polar surface area (TPSA) is 12.9 Å². The maximum atomic E-state index is 4.24. The van der Waals surface area contributed by atoms with Crippen molar-refractivity contribution < 1.29 is 0 Å². The maximum Gasteiger partial charge on any atom is 0.0801 e. The van der Waals surface area contributed by atoms with Crippen LogP contribution in [0.3, 0.4) is 0 Å². The number of rotatable bonds is 1. The van der Waals surface area contributed by atoms with Gasteiger partial charge in [0, 0.05) is 11.1 Å². The molecule has 1 nitrogen and oxygen atoms in total. The molecule has 0 N–H and O–H groups in total. The Balaban J connectivity index is 2.45. The highest BCUT2D eigenvalue weighted by atomic mass is 32.1. The first-order valence-corrected chi connectivity index (χ1v) is 4.51. The zero-order valence-corrected chi connectivity index (χ0v) is 7.34. The molecule has 0 spiro atoms. The second-order valence-corrected chi connectivity index (χ2v) is 3.65. The number of hydrogen-bond acceptors (Lipinski definition) is 2. The van der Waals surface area contributed by atoms with Crippen LogP contribution in [0.2, 0.25) is 0 Å². The summed E-state index contributed by atoms with van der Waals surface area (Å²) in [4.78, 5) is 6.51. The van der Waals surface area contributed by atoms with Crippen molar-refractivity contribution in [3.63, 3.8) is 0 Å². The largest absolute Gasteiger partial charge is 0.255 e. The van der Waals surface area contributed by atoms with Gasteiger partial charge < -0.3 is 0 Å². The van der Waals surface area contributed by atoms with Crippen LogP contribution in [0.5, 0.6) is 0 Å². The fraction of sp³-hybridized carbons (Fsp3) is 0. The van der Waals surface area contributed by atoms with Crippen molar-refractivity contribution in [3.05, 3.63) is 48.3 Å². The molecule has 2 rings (SSSR count). The predicted molar refractivity (Wildman–Crippen MR) is 52.0 cm³/mol. The first-order valence-electron chi connectivity index (χ1n) is 3.69. The van der Waals surface area contributed by atoms with Crippen molar-refractivity contribution in [1.29, 1.82) is 0 Å². The van der Waals surface area contributed by atoms with Crippen molar-refractivity contribution in [1.82, 2.24) is 4.98 Å². The van der Waals surface area contributed by atoms with Crippen LogP contribution in [0, 0.1) is 6.92 Å². The molecule has 0 aliphatic heterocycles. The standard InChI is InChI=1S/C10H8NS/c1-8-5-6-10(12-8)9-4-2-3-7-11-9/h2-7H,1H2. The minimum Gasteiger partial charge on any atom is -0.255 e. The smallest absolute Gasteiger partial charge is 0.0801 e. The van der Waals surface area contributed by atoms with Crippen molar-refractivity contribution in [2.45, 2.75) is 0 Å². The van der Waals surface area contributed by atoms with E-state index in [1.54, 1.807) is 17.5 Å².